The molecule has 0 saturated heterocycles. The predicted molar refractivity (Wildman–Crippen MR) is 95.3 cm³/mol. The molecule has 0 spiro atoms. The van der Waals surface area contributed by atoms with Crippen LogP contribution in [0.2, 0.25) is 0 Å². The molecule has 0 bridgehead atoms. The van der Waals surface area contributed by atoms with Crippen molar-refractivity contribution in [1.29, 1.82) is 0 Å². The zero-order valence-corrected chi connectivity index (χ0v) is 14.3. The SMILES string of the molecule is CCc1ccc(C2CCC(C3CCC(S)CC3)CC2)cc1. The van der Waals surface area contributed by atoms with E-state index in [4.69, 9.17) is 0 Å². The molecule has 0 aliphatic heterocycles. The monoisotopic (exact) mass is 302 g/mol. The fourth-order valence-corrected chi connectivity index (χ4v) is 4.82. The number of aryl methyl sites for hydroxylation is 1. The number of rotatable bonds is 3. The van der Waals surface area contributed by atoms with Crippen LogP contribution < -0.4 is 0 Å². The lowest BCUT2D eigenvalue weighted by Crippen LogP contribution is -2.25. The van der Waals surface area contributed by atoms with E-state index in [0.29, 0.717) is 5.25 Å². The van der Waals surface area contributed by atoms with E-state index >= 15 is 0 Å². The molecule has 21 heavy (non-hydrogen) atoms. The highest BCUT2D eigenvalue weighted by atomic mass is 32.1. The normalized spacial score (nSPS) is 33.8. The molecule has 0 atom stereocenters. The predicted octanol–water partition coefficient (Wildman–Crippen LogP) is 6.01. The van der Waals surface area contributed by atoms with Gasteiger partial charge in [-0.25, -0.2) is 0 Å². The zero-order chi connectivity index (χ0) is 14.7. The highest BCUT2D eigenvalue weighted by Gasteiger charge is 2.30. The van der Waals surface area contributed by atoms with E-state index in [1.165, 1.54) is 56.9 Å². The van der Waals surface area contributed by atoms with Crippen LogP contribution in [0.15, 0.2) is 24.3 Å². The zero-order valence-electron chi connectivity index (χ0n) is 13.4. The van der Waals surface area contributed by atoms with Crippen molar-refractivity contribution in [3.63, 3.8) is 0 Å². The minimum Gasteiger partial charge on any atom is -0.176 e. The molecule has 3 rings (SSSR count). The van der Waals surface area contributed by atoms with Crippen LogP contribution in [-0.2, 0) is 6.42 Å². The van der Waals surface area contributed by atoms with E-state index in [-0.39, 0.29) is 0 Å². The minimum atomic E-state index is 0.690. The molecule has 1 heteroatoms. The van der Waals surface area contributed by atoms with Crippen LogP contribution in [-0.4, -0.2) is 5.25 Å². The molecule has 116 valence electrons. The van der Waals surface area contributed by atoms with Gasteiger partial charge >= 0.3 is 0 Å². The minimum absolute atomic E-state index is 0.690. The maximum atomic E-state index is 4.64. The summed E-state index contributed by atoms with van der Waals surface area (Å²) in [5, 5.41) is 0.690. The molecule has 0 radical (unpaired) electrons. The van der Waals surface area contributed by atoms with Gasteiger partial charge in [-0.3, -0.25) is 0 Å². The summed E-state index contributed by atoms with van der Waals surface area (Å²) in [6.07, 6.45) is 12.5. The first-order valence-electron chi connectivity index (χ1n) is 9.03. The van der Waals surface area contributed by atoms with E-state index in [1.54, 1.807) is 5.56 Å². The summed E-state index contributed by atoms with van der Waals surface area (Å²) in [7, 11) is 0. The Morgan fingerprint density at radius 1 is 0.810 bits per heavy atom. The Labute approximate surface area is 136 Å². The second kappa shape index (κ2) is 7.22. The molecule has 2 aliphatic rings. The summed E-state index contributed by atoms with van der Waals surface area (Å²) in [6, 6.07) is 9.43. The van der Waals surface area contributed by atoms with E-state index in [1.807, 2.05) is 0 Å². The van der Waals surface area contributed by atoms with Crippen molar-refractivity contribution in [3.8, 4) is 0 Å². The van der Waals surface area contributed by atoms with Crippen molar-refractivity contribution in [2.75, 3.05) is 0 Å². The standard InChI is InChI=1S/C20H30S/c1-2-15-3-5-16(6-4-15)17-7-9-18(10-8-17)19-11-13-20(21)14-12-19/h3-6,17-21H,2,7-14H2,1H3. The highest BCUT2D eigenvalue weighted by molar-refractivity contribution is 7.80. The largest absolute Gasteiger partial charge is 0.176 e. The number of hydrogen-bond donors (Lipinski definition) is 1. The van der Waals surface area contributed by atoms with Crippen LogP contribution in [0, 0.1) is 11.8 Å². The van der Waals surface area contributed by atoms with Gasteiger partial charge in [-0.05, 0) is 86.7 Å². The molecule has 1 aromatic rings. The summed E-state index contributed by atoms with van der Waals surface area (Å²) in [4.78, 5) is 0. The van der Waals surface area contributed by atoms with E-state index in [0.717, 1.165) is 24.2 Å². The van der Waals surface area contributed by atoms with Gasteiger partial charge in [-0.2, -0.15) is 12.6 Å². The van der Waals surface area contributed by atoms with Gasteiger partial charge in [0.1, 0.15) is 0 Å². The van der Waals surface area contributed by atoms with Crippen LogP contribution in [0.25, 0.3) is 0 Å². The van der Waals surface area contributed by atoms with Crippen LogP contribution in [0.3, 0.4) is 0 Å². The number of benzene rings is 1. The lowest BCUT2D eigenvalue weighted by atomic mass is 9.70. The van der Waals surface area contributed by atoms with Crippen LogP contribution >= 0.6 is 12.6 Å². The maximum Gasteiger partial charge on any atom is 0.00170 e. The van der Waals surface area contributed by atoms with E-state index < -0.39 is 0 Å². The second-order valence-electron chi connectivity index (χ2n) is 7.28. The van der Waals surface area contributed by atoms with E-state index in [9.17, 15) is 0 Å². The number of hydrogen-bond acceptors (Lipinski definition) is 1. The molecule has 0 N–H and O–H groups in total. The quantitative estimate of drug-likeness (QED) is 0.649. The molecule has 0 unspecified atom stereocenters. The third-order valence-electron chi connectivity index (χ3n) is 6.04. The van der Waals surface area contributed by atoms with Gasteiger partial charge in [0.05, 0.1) is 0 Å². The van der Waals surface area contributed by atoms with Gasteiger partial charge in [0.25, 0.3) is 0 Å². The van der Waals surface area contributed by atoms with Crippen molar-refractivity contribution in [2.24, 2.45) is 11.8 Å². The average Bonchev–Trinajstić information content (AvgIpc) is 2.56. The Balaban J connectivity index is 1.52. The molecule has 0 aromatic heterocycles. The van der Waals surface area contributed by atoms with Crippen molar-refractivity contribution in [1.82, 2.24) is 0 Å². The van der Waals surface area contributed by atoms with Crippen molar-refractivity contribution in [3.05, 3.63) is 35.4 Å². The number of thiol groups is 1. The first-order chi connectivity index (χ1) is 10.3. The molecular formula is C20H30S. The smallest absolute Gasteiger partial charge is 0.00170 e. The fourth-order valence-electron chi connectivity index (χ4n) is 4.52. The first kappa shape index (κ1) is 15.5. The fraction of sp³-hybridized carbons (Fsp3) is 0.700. The summed E-state index contributed by atoms with van der Waals surface area (Å²) in [5.41, 5.74) is 3.06. The van der Waals surface area contributed by atoms with E-state index in [2.05, 4.69) is 43.8 Å². The van der Waals surface area contributed by atoms with Gasteiger partial charge < -0.3 is 0 Å². The van der Waals surface area contributed by atoms with Gasteiger partial charge in [-0.1, -0.05) is 31.2 Å². The topological polar surface area (TPSA) is 0 Å². The highest BCUT2D eigenvalue weighted by Crippen LogP contribution is 2.43. The summed E-state index contributed by atoms with van der Waals surface area (Å²) < 4.78 is 0. The maximum absolute atomic E-state index is 4.64. The Hall–Kier alpha value is -0.430. The molecular weight excluding hydrogens is 272 g/mol. The lowest BCUT2D eigenvalue weighted by molar-refractivity contribution is 0.188. The molecule has 1 aromatic carbocycles. The lowest BCUT2D eigenvalue weighted by Gasteiger charge is -2.37. The van der Waals surface area contributed by atoms with Gasteiger partial charge in [-0.15, -0.1) is 0 Å². The van der Waals surface area contributed by atoms with Crippen molar-refractivity contribution in [2.45, 2.75) is 75.9 Å². The average molecular weight is 303 g/mol. The van der Waals surface area contributed by atoms with Gasteiger partial charge in [0.15, 0.2) is 0 Å². The van der Waals surface area contributed by atoms with Crippen LogP contribution in [0.1, 0.15) is 75.3 Å². The third-order valence-corrected chi connectivity index (χ3v) is 6.56. The molecule has 0 heterocycles. The van der Waals surface area contributed by atoms with Gasteiger partial charge in [0, 0.05) is 5.25 Å². The van der Waals surface area contributed by atoms with Crippen molar-refractivity contribution < 1.29 is 0 Å². The van der Waals surface area contributed by atoms with Crippen molar-refractivity contribution >= 4 is 12.6 Å². The summed E-state index contributed by atoms with van der Waals surface area (Å²) >= 11 is 4.64. The summed E-state index contributed by atoms with van der Waals surface area (Å²) in [6.45, 7) is 2.24. The Bertz CT molecular complexity index is 420. The van der Waals surface area contributed by atoms with Gasteiger partial charge in [0.2, 0.25) is 0 Å². The Kier molecular flexibility index (Phi) is 5.32. The first-order valence-corrected chi connectivity index (χ1v) is 9.54. The third kappa shape index (κ3) is 3.86. The molecule has 2 fully saturated rings. The second-order valence-corrected chi connectivity index (χ2v) is 8.01. The molecule has 0 amide bonds. The Morgan fingerprint density at radius 3 is 1.86 bits per heavy atom. The molecule has 2 saturated carbocycles. The van der Waals surface area contributed by atoms with Crippen LogP contribution in [0.5, 0.6) is 0 Å². The molecule has 2 aliphatic carbocycles. The van der Waals surface area contributed by atoms with Crippen LogP contribution in [0.4, 0.5) is 0 Å². The summed E-state index contributed by atoms with van der Waals surface area (Å²) in [5.74, 6) is 2.85. The molecule has 0 nitrogen and oxygen atoms in total. The Morgan fingerprint density at radius 2 is 1.33 bits per heavy atom.